The molecule has 0 bridgehead atoms. The molecular formula is C21H16ClN5O2. The summed E-state index contributed by atoms with van der Waals surface area (Å²) in [4.78, 5) is 12.5. The predicted octanol–water partition coefficient (Wildman–Crippen LogP) is 4.36. The number of furan rings is 1. The van der Waals surface area contributed by atoms with Gasteiger partial charge in [-0.05, 0) is 31.2 Å². The molecule has 1 N–H and O–H groups in total. The fraction of sp³-hybridized carbons (Fsp3) is 0.143. The topological polar surface area (TPSA) is 85.8 Å². The van der Waals surface area contributed by atoms with Crippen LogP contribution in [0.1, 0.15) is 29.4 Å². The third kappa shape index (κ3) is 3.09. The Morgan fingerprint density at radius 1 is 1.10 bits per heavy atom. The number of nitrogens with zero attached hydrogens (tertiary/aromatic N) is 4. The van der Waals surface area contributed by atoms with E-state index < -0.39 is 0 Å². The van der Waals surface area contributed by atoms with Crippen molar-refractivity contribution < 1.29 is 9.21 Å². The second-order valence-electron chi connectivity index (χ2n) is 6.85. The first-order valence-corrected chi connectivity index (χ1v) is 9.52. The number of anilines is 1. The summed E-state index contributed by atoms with van der Waals surface area (Å²) in [6.45, 7) is 1.91. The van der Waals surface area contributed by atoms with Gasteiger partial charge in [-0.2, -0.15) is 9.78 Å². The second kappa shape index (κ2) is 6.86. The molecule has 0 unspecified atom stereocenters. The van der Waals surface area contributed by atoms with Crippen molar-refractivity contribution in [1.29, 1.82) is 0 Å². The van der Waals surface area contributed by atoms with Crippen molar-refractivity contribution in [3.63, 3.8) is 0 Å². The molecule has 1 amide bonds. The Balaban J connectivity index is 1.59. The van der Waals surface area contributed by atoms with Crippen LogP contribution in [0.4, 0.5) is 5.82 Å². The summed E-state index contributed by atoms with van der Waals surface area (Å²) in [6, 6.07) is 17.1. The van der Waals surface area contributed by atoms with Crippen molar-refractivity contribution in [3.05, 3.63) is 76.8 Å². The number of halogens is 1. The zero-order chi connectivity index (χ0) is 20.0. The quantitative estimate of drug-likeness (QED) is 0.547. The van der Waals surface area contributed by atoms with Gasteiger partial charge < -0.3 is 9.73 Å². The van der Waals surface area contributed by atoms with Gasteiger partial charge in [-0.3, -0.25) is 4.79 Å². The highest BCUT2D eigenvalue weighted by atomic mass is 35.5. The van der Waals surface area contributed by atoms with Gasteiger partial charge in [-0.15, -0.1) is 10.2 Å². The van der Waals surface area contributed by atoms with Crippen molar-refractivity contribution in [3.8, 4) is 17.1 Å². The third-order valence-electron chi connectivity index (χ3n) is 4.97. The number of carbonyl (C=O) groups is 1. The molecule has 0 aliphatic carbocycles. The molecule has 1 atom stereocenters. The molecule has 0 radical (unpaired) electrons. The van der Waals surface area contributed by atoms with Crippen molar-refractivity contribution in [2.45, 2.75) is 19.3 Å². The van der Waals surface area contributed by atoms with Gasteiger partial charge in [0.1, 0.15) is 17.3 Å². The number of amides is 1. The minimum absolute atomic E-state index is 0.108. The van der Waals surface area contributed by atoms with Crippen LogP contribution in [0.5, 0.6) is 0 Å². The van der Waals surface area contributed by atoms with Gasteiger partial charge in [-0.1, -0.05) is 41.9 Å². The van der Waals surface area contributed by atoms with Gasteiger partial charge in [-0.25, -0.2) is 0 Å². The normalized spacial score (nSPS) is 15.8. The molecule has 29 heavy (non-hydrogen) atoms. The first-order valence-electron chi connectivity index (χ1n) is 9.14. The van der Waals surface area contributed by atoms with Gasteiger partial charge in [0.2, 0.25) is 5.91 Å². The maximum Gasteiger partial charge on any atom is 0.226 e. The molecule has 4 heterocycles. The van der Waals surface area contributed by atoms with E-state index >= 15 is 0 Å². The van der Waals surface area contributed by atoms with Crippen molar-refractivity contribution in [1.82, 2.24) is 20.0 Å². The summed E-state index contributed by atoms with van der Waals surface area (Å²) in [5.74, 6) is 2.21. The fourth-order valence-corrected chi connectivity index (χ4v) is 3.78. The SMILES string of the molecule is Cc1nn(-c2ccc(Cl)nn2)c2c1[C@H](c1ccc(-c3ccccc3)o1)CC(=O)N2. The molecule has 0 spiro atoms. The van der Waals surface area contributed by atoms with E-state index in [-0.39, 0.29) is 23.4 Å². The molecule has 144 valence electrons. The molecule has 7 nitrogen and oxygen atoms in total. The zero-order valence-corrected chi connectivity index (χ0v) is 16.2. The Morgan fingerprint density at radius 3 is 2.69 bits per heavy atom. The van der Waals surface area contributed by atoms with Gasteiger partial charge in [0.05, 0.1) is 11.6 Å². The average Bonchev–Trinajstić information content (AvgIpc) is 3.34. The number of carbonyl (C=O) groups excluding carboxylic acids is 1. The molecule has 0 fully saturated rings. The minimum Gasteiger partial charge on any atom is -0.460 e. The Kier molecular flexibility index (Phi) is 4.17. The predicted molar refractivity (Wildman–Crippen MR) is 108 cm³/mol. The Labute approximate surface area is 171 Å². The van der Waals surface area contributed by atoms with Crippen LogP contribution in [0.2, 0.25) is 5.15 Å². The van der Waals surface area contributed by atoms with E-state index in [1.165, 1.54) is 0 Å². The van der Waals surface area contributed by atoms with Crippen LogP contribution in [0.15, 0.2) is 59.0 Å². The standard InChI is InChI=1S/C21H16ClN5O2/c1-12-20-14(16-8-7-15(29-16)13-5-3-2-4-6-13)11-19(28)23-21(20)27(26-12)18-10-9-17(22)24-25-18/h2-10,14H,11H2,1H3,(H,23,28)/t14-/m0/s1. The number of hydrogen-bond donors (Lipinski definition) is 1. The second-order valence-corrected chi connectivity index (χ2v) is 7.23. The molecule has 0 saturated carbocycles. The first-order chi connectivity index (χ1) is 14.1. The van der Waals surface area contributed by atoms with Gasteiger partial charge >= 0.3 is 0 Å². The van der Waals surface area contributed by atoms with Crippen LogP contribution in [-0.4, -0.2) is 25.9 Å². The highest BCUT2D eigenvalue weighted by molar-refractivity contribution is 6.29. The average molecular weight is 406 g/mol. The maximum atomic E-state index is 12.5. The van der Waals surface area contributed by atoms with Gasteiger partial charge in [0.15, 0.2) is 11.0 Å². The maximum absolute atomic E-state index is 12.5. The van der Waals surface area contributed by atoms with E-state index in [0.717, 1.165) is 28.3 Å². The van der Waals surface area contributed by atoms with Gasteiger partial charge in [0.25, 0.3) is 0 Å². The van der Waals surface area contributed by atoms with E-state index in [1.807, 2.05) is 49.4 Å². The minimum atomic E-state index is -0.231. The smallest absolute Gasteiger partial charge is 0.226 e. The lowest BCUT2D eigenvalue weighted by molar-refractivity contribution is -0.116. The Hall–Kier alpha value is -3.45. The van der Waals surface area contributed by atoms with E-state index in [0.29, 0.717) is 11.6 Å². The summed E-state index contributed by atoms with van der Waals surface area (Å²) in [6.07, 6.45) is 0.285. The molecule has 8 heteroatoms. The molecule has 4 aromatic rings. The van der Waals surface area contributed by atoms with Gasteiger partial charge in [0, 0.05) is 17.5 Å². The molecule has 1 aliphatic rings. The number of nitrogens with one attached hydrogen (secondary N) is 1. The highest BCUT2D eigenvalue weighted by Crippen LogP contribution is 2.41. The van der Waals surface area contributed by atoms with Crippen molar-refractivity contribution in [2.75, 3.05) is 5.32 Å². The third-order valence-corrected chi connectivity index (χ3v) is 5.17. The largest absolute Gasteiger partial charge is 0.460 e. The summed E-state index contributed by atoms with van der Waals surface area (Å²) in [5.41, 5.74) is 2.69. The molecule has 1 aliphatic heterocycles. The van der Waals surface area contributed by atoms with Crippen LogP contribution < -0.4 is 5.32 Å². The van der Waals surface area contributed by atoms with Crippen molar-refractivity contribution in [2.24, 2.45) is 0 Å². The lowest BCUT2D eigenvalue weighted by Gasteiger charge is -2.22. The Bertz CT molecular complexity index is 1200. The van der Waals surface area contributed by atoms with Crippen LogP contribution in [0.3, 0.4) is 0 Å². The Morgan fingerprint density at radius 2 is 1.93 bits per heavy atom. The number of benzene rings is 1. The highest BCUT2D eigenvalue weighted by Gasteiger charge is 2.34. The summed E-state index contributed by atoms with van der Waals surface area (Å²) in [7, 11) is 0. The zero-order valence-electron chi connectivity index (χ0n) is 15.5. The van der Waals surface area contributed by atoms with E-state index in [9.17, 15) is 4.79 Å². The summed E-state index contributed by atoms with van der Waals surface area (Å²) < 4.78 is 7.72. The summed E-state index contributed by atoms with van der Waals surface area (Å²) in [5, 5.41) is 15.7. The lowest BCUT2D eigenvalue weighted by atomic mass is 9.90. The monoisotopic (exact) mass is 405 g/mol. The summed E-state index contributed by atoms with van der Waals surface area (Å²) >= 11 is 5.84. The number of rotatable bonds is 3. The van der Waals surface area contributed by atoms with E-state index in [4.69, 9.17) is 16.0 Å². The molecule has 5 rings (SSSR count). The van der Waals surface area contributed by atoms with Crippen LogP contribution in [0.25, 0.3) is 17.1 Å². The van der Waals surface area contributed by atoms with E-state index in [2.05, 4.69) is 20.6 Å². The molecular weight excluding hydrogens is 390 g/mol. The molecule has 3 aromatic heterocycles. The number of hydrogen-bond acceptors (Lipinski definition) is 5. The molecule has 0 saturated heterocycles. The number of aromatic nitrogens is 4. The van der Waals surface area contributed by atoms with Crippen LogP contribution >= 0.6 is 11.6 Å². The molecule has 1 aromatic carbocycles. The first kappa shape index (κ1) is 17.6. The van der Waals surface area contributed by atoms with Crippen LogP contribution in [0, 0.1) is 6.92 Å². The number of fused-ring (bicyclic) bond motifs is 1. The van der Waals surface area contributed by atoms with E-state index in [1.54, 1.807) is 16.8 Å². The number of aryl methyl sites for hydroxylation is 1. The van der Waals surface area contributed by atoms with Crippen molar-refractivity contribution >= 4 is 23.3 Å². The fourth-order valence-electron chi connectivity index (χ4n) is 3.68. The lowest BCUT2D eigenvalue weighted by Crippen LogP contribution is -2.24. The van der Waals surface area contributed by atoms with Crippen LogP contribution in [-0.2, 0) is 4.79 Å².